The van der Waals surface area contributed by atoms with E-state index in [1.54, 1.807) is 0 Å². The Bertz CT molecular complexity index is 632. The fourth-order valence-electron chi connectivity index (χ4n) is 2.09. The minimum Gasteiger partial charge on any atom is -0.351 e. The predicted molar refractivity (Wildman–Crippen MR) is 85.8 cm³/mol. The number of benzene rings is 1. The molecule has 0 bridgehead atoms. The molecule has 1 heterocycles. The largest absolute Gasteiger partial charge is 0.351 e. The highest BCUT2D eigenvalue weighted by Gasteiger charge is 2.09. The lowest BCUT2D eigenvalue weighted by atomic mass is 10.2. The smallest absolute Gasteiger partial charge is 0.154 e. The lowest BCUT2D eigenvalue weighted by molar-refractivity contribution is 0.740. The number of para-hydroxylation sites is 1. The van der Waals surface area contributed by atoms with Crippen molar-refractivity contribution >= 4 is 23.8 Å². The number of aromatic nitrogens is 2. The van der Waals surface area contributed by atoms with Crippen LogP contribution in [0.1, 0.15) is 18.4 Å². The van der Waals surface area contributed by atoms with Gasteiger partial charge in [0.25, 0.3) is 0 Å². The first-order valence-electron chi connectivity index (χ1n) is 6.48. The Morgan fingerprint density at radius 1 is 1.25 bits per heavy atom. The van der Waals surface area contributed by atoms with Gasteiger partial charge in [-0.3, -0.25) is 4.99 Å². The van der Waals surface area contributed by atoms with Crippen LogP contribution in [0.2, 0.25) is 0 Å². The van der Waals surface area contributed by atoms with Crippen LogP contribution in [0.4, 0.5) is 11.4 Å². The molecule has 0 unspecified atom stereocenters. The van der Waals surface area contributed by atoms with Crippen molar-refractivity contribution < 1.29 is 0 Å². The molecule has 20 heavy (non-hydrogen) atoms. The van der Waals surface area contributed by atoms with Crippen LogP contribution in [0.15, 0.2) is 35.3 Å². The van der Waals surface area contributed by atoms with Crippen molar-refractivity contribution in [2.24, 2.45) is 12.0 Å². The predicted octanol–water partition coefficient (Wildman–Crippen LogP) is 2.99. The van der Waals surface area contributed by atoms with E-state index in [0.717, 1.165) is 34.8 Å². The number of anilines is 2. The first-order chi connectivity index (χ1) is 9.17. The highest BCUT2D eigenvalue weighted by Crippen LogP contribution is 2.16. The summed E-state index contributed by atoms with van der Waals surface area (Å²) in [5.74, 6) is 0.969. The van der Waals surface area contributed by atoms with Gasteiger partial charge in [0.05, 0.1) is 5.69 Å². The molecule has 108 valence electrons. The minimum absolute atomic E-state index is 0. The van der Waals surface area contributed by atoms with Crippen molar-refractivity contribution in [2.75, 3.05) is 12.4 Å². The number of halogens is 1. The second-order valence-electron chi connectivity index (χ2n) is 4.43. The van der Waals surface area contributed by atoms with Gasteiger partial charge in [-0.25, -0.2) is 4.98 Å². The summed E-state index contributed by atoms with van der Waals surface area (Å²) >= 11 is 0. The van der Waals surface area contributed by atoms with Crippen molar-refractivity contribution in [3.05, 3.63) is 47.3 Å². The highest BCUT2D eigenvalue weighted by atomic mass is 35.5. The molecule has 0 aliphatic rings. The number of hydrogen-bond acceptors (Lipinski definition) is 3. The van der Waals surface area contributed by atoms with E-state index in [1.165, 1.54) is 0 Å². The van der Waals surface area contributed by atoms with Crippen LogP contribution in [0, 0.1) is 6.92 Å². The summed E-state index contributed by atoms with van der Waals surface area (Å²) in [4.78, 5) is 9.03. The van der Waals surface area contributed by atoms with E-state index in [4.69, 9.17) is 0 Å². The highest BCUT2D eigenvalue weighted by molar-refractivity contribution is 5.85. The Kier molecular flexibility index (Phi) is 5.77. The SMILES string of the molecule is CCc1nc(C)n(C)c(=NC)c1Nc1ccccc1.Cl. The first kappa shape index (κ1) is 16.2. The second-order valence-corrected chi connectivity index (χ2v) is 4.43. The Hall–Kier alpha value is -1.81. The number of hydrogen-bond donors (Lipinski definition) is 1. The third-order valence-corrected chi connectivity index (χ3v) is 3.20. The summed E-state index contributed by atoms with van der Waals surface area (Å²) in [6.07, 6.45) is 0.874. The van der Waals surface area contributed by atoms with Crippen LogP contribution in [-0.2, 0) is 13.5 Å². The van der Waals surface area contributed by atoms with Gasteiger partial charge in [-0.15, -0.1) is 12.4 Å². The van der Waals surface area contributed by atoms with Crippen LogP contribution in [0.5, 0.6) is 0 Å². The summed E-state index contributed by atoms with van der Waals surface area (Å²) in [6.45, 7) is 4.11. The van der Waals surface area contributed by atoms with Crippen LogP contribution in [-0.4, -0.2) is 16.6 Å². The van der Waals surface area contributed by atoms with Gasteiger partial charge in [-0.05, 0) is 25.5 Å². The molecule has 5 heteroatoms. The maximum atomic E-state index is 4.64. The fraction of sp³-hybridized carbons (Fsp3) is 0.333. The molecule has 0 amide bonds. The van der Waals surface area contributed by atoms with E-state index in [2.05, 4.69) is 22.2 Å². The van der Waals surface area contributed by atoms with Crippen LogP contribution in [0.25, 0.3) is 0 Å². The lowest BCUT2D eigenvalue weighted by Crippen LogP contribution is -2.26. The monoisotopic (exact) mass is 292 g/mol. The van der Waals surface area contributed by atoms with Gasteiger partial charge < -0.3 is 9.88 Å². The zero-order valence-corrected chi connectivity index (χ0v) is 13.2. The molecule has 2 aromatic rings. The lowest BCUT2D eigenvalue weighted by Gasteiger charge is -2.15. The van der Waals surface area contributed by atoms with Gasteiger partial charge in [-0.1, -0.05) is 25.1 Å². The van der Waals surface area contributed by atoms with E-state index in [0.29, 0.717) is 0 Å². The van der Waals surface area contributed by atoms with Gasteiger partial charge in [0.15, 0.2) is 5.49 Å². The Morgan fingerprint density at radius 3 is 2.45 bits per heavy atom. The van der Waals surface area contributed by atoms with E-state index >= 15 is 0 Å². The molecule has 0 saturated carbocycles. The van der Waals surface area contributed by atoms with Crippen LogP contribution < -0.4 is 10.8 Å². The number of nitrogens with one attached hydrogen (secondary N) is 1. The number of nitrogens with zero attached hydrogens (tertiary/aromatic N) is 3. The van der Waals surface area contributed by atoms with E-state index in [1.807, 2.05) is 55.9 Å². The molecule has 0 radical (unpaired) electrons. The molecule has 0 spiro atoms. The van der Waals surface area contributed by atoms with Gasteiger partial charge in [-0.2, -0.15) is 0 Å². The Balaban J connectivity index is 0.00000200. The van der Waals surface area contributed by atoms with Crippen molar-refractivity contribution in [3.8, 4) is 0 Å². The third-order valence-electron chi connectivity index (χ3n) is 3.20. The summed E-state index contributed by atoms with van der Waals surface area (Å²) < 4.78 is 2.00. The average Bonchev–Trinajstić information content (AvgIpc) is 2.44. The van der Waals surface area contributed by atoms with Crippen molar-refractivity contribution in [2.45, 2.75) is 20.3 Å². The quantitative estimate of drug-likeness (QED) is 0.945. The van der Waals surface area contributed by atoms with E-state index in [9.17, 15) is 0 Å². The second kappa shape index (κ2) is 7.10. The van der Waals surface area contributed by atoms with Crippen molar-refractivity contribution in [1.82, 2.24) is 9.55 Å². The molecule has 2 rings (SSSR count). The minimum atomic E-state index is 0. The maximum Gasteiger partial charge on any atom is 0.154 e. The molecule has 1 aromatic heterocycles. The fourth-order valence-corrected chi connectivity index (χ4v) is 2.09. The van der Waals surface area contributed by atoms with Crippen LogP contribution in [0.3, 0.4) is 0 Å². The molecule has 1 N–H and O–H groups in total. The van der Waals surface area contributed by atoms with Gasteiger partial charge in [0.1, 0.15) is 11.5 Å². The van der Waals surface area contributed by atoms with Gasteiger partial charge in [0.2, 0.25) is 0 Å². The molecule has 0 aliphatic heterocycles. The molecule has 0 atom stereocenters. The van der Waals surface area contributed by atoms with E-state index < -0.39 is 0 Å². The van der Waals surface area contributed by atoms with Gasteiger partial charge >= 0.3 is 0 Å². The van der Waals surface area contributed by atoms with Gasteiger partial charge in [0, 0.05) is 19.8 Å². The Labute approximate surface area is 126 Å². The first-order valence-corrected chi connectivity index (χ1v) is 6.48. The molecule has 1 aromatic carbocycles. The standard InChI is InChI=1S/C15H20N4.ClH/c1-5-13-14(18-12-9-7-6-8-10-12)15(16-3)19(4)11(2)17-13;/h6-10,18H,5H2,1-4H3;1H. The third kappa shape index (κ3) is 3.20. The number of rotatable bonds is 3. The summed E-state index contributed by atoms with van der Waals surface area (Å²) in [5.41, 5.74) is 4.00. The normalized spacial score (nSPS) is 11.1. The molecule has 0 saturated heterocycles. The average molecular weight is 293 g/mol. The number of aryl methyl sites for hydroxylation is 2. The summed E-state index contributed by atoms with van der Waals surface area (Å²) in [6, 6.07) is 10.1. The zero-order valence-electron chi connectivity index (χ0n) is 12.3. The topological polar surface area (TPSA) is 42.2 Å². The summed E-state index contributed by atoms with van der Waals surface area (Å²) in [7, 11) is 3.80. The zero-order chi connectivity index (χ0) is 13.8. The molecule has 0 fully saturated rings. The summed E-state index contributed by atoms with van der Waals surface area (Å²) in [5, 5.41) is 3.43. The molecular weight excluding hydrogens is 272 g/mol. The molecule has 0 aliphatic carbocycles. The van der Waals surface area contributed by atoms with Crippen molar-refractivity contribution in [1.29, 1.82) is 0 Å². The van der Waals surface area contributed by atoms with Crippen molar-refractivity contribution in [3.63, 3.8) is 0 Å². The van der Waals surface area contributed by atoms with E-state index in [-0.39, 0.29) is 12.4 Å². The Morgan fingerprint density at radius 2 is 1.90 bits per heavy atom. The molecule has 4 nitrogen and oxygen atoms in total. The molecular formula is C15H21ClN4. The maximum absolute atomic E-state index is 4.64. The van der Waals surface area contributed by atoms with Crippen LogP contribution >= 0.6 is 12.4 Å².